The van der Waals surface area contributed by atoms with Crippen molar-refractivity contribution in [3.63, 3.8) is 0 Å². The quantitative estimate of drug-likeness (QED) is 0.624. The van der Waals surface area contributed by atoms with Crippen molar-refractivity contribution in [1.29, 1.82) is 0 Å². The maximum absolute atomic E-state index is 8.77. The minimum absolute atomic E-state index is 0.260. The first-order valence-corrected chi connectivity index (χ1v) is 7.57. The van der Waals surface area contributed by atoms with Gasteiger partial charge in [-0.2, -0.15) is 0 Å². The number of benzene rings is 1. The molecule has 0 amide bonds. The molecule has 0 saturated carbocycles. The largest absolute Gasteiger partial charge is 0.396 e. The molecule has 2 rings (SSSR count). The highest BCUT2D eigenvalue weighted by molar-refractivity contribution is 7.99. The molecule has 1 aromatic heterocycles. The molecule has 0 spiro atoms. The number of thioether (sulfide) groups is 1. The summed E-state index contributed by atoms with van der Waals surface area (Å²) in [4.78, 5) is 0. The van der Waals surface area contributed by atoms with Crippen molar-refractivity contribution in [2.45, 2.75) is 31.5 Å². The Hall–Kier alpha value is -1.33. The third-order valence-electron chi connectivity index (χ3n) is 2.85. The zero-order valence-electron chi connectivity index (χ0n) is 11.1. The molecule has 19 heavy (non-hydrogen) atoms. The number of unbranched alkanes of at least 4 members (excludes halogenated alkanes) is 1. The van der Waals surface area contributed by atoms with Gasteiger partial charge in [0.25, 0.3) is 0 Å². The molecule has 0 saturated heterocycles. The molecule has 0 fully saturated rings. The first-order chi connectivity index (χ1) is 9.36. The van der Waals surface area contributed by atoms with Crippen LogP contribution in [0.15, 0.2) is 35.5 Å². The topological polar surface area (TPSA) is 50.9 Å². The van der Waals surface area contributed by atoms with Gasteiger partial charge in [-0.05, 0) is 19.8 Å². The third-order valence-corrected chi connectivity index (χ3v) is 3.90. The van der Waals surface area contributed by atoms with E-state index >= 15 is 0 Å². The molecule has 0 aliphatic heterocycles. The Kier molecular flexibility index (Phi) is 5.42. The highest BCUT2D eigenvalue weighted by Crippen LogP contribution is 2.24. The van der Waals surface area contributed by atoms with Crippen LogP contribution in [0.3, 0.4) is 0 Å². The zero-order valence-corrected chi connectivity index (χ0v) is 11.9. The monoisotopic (exact) mass is 277 g/mol. The lowest BCUT2D eigenvalue weighted by Crippen LogP contribution is -2.00. The van der Waals surface area contributed by atoms with E-state index in [2.05, 4.69) is 33.8 Å². The van der Waals surface area contributed by atoms with E-state index in [4.69, 9.17) is 5.11 Å². The molecule has 0 bridgehead atoms. The average Bonchev–Trinajstić information content (AvgIpc) is 2.87. The van der Waals surface area contributed by atoms with Crippen LogP contribution >= 0.6 is 11.8 Å². The van der Waals surface area contributed by atoms with Crippen LogP contribution in [0.2, 0.25) is 0 Å². The minimum atomic E-state index is 0.260. The summed E-state index contributed by atoms with van der Waals surface area (Å²) < 4.78 is 2.14. The van der Waals surface area contributed by atoms with Gasteiger partial charge in [0.15, 0.2) is 11.0 Å². The predicted molar refractivity (Wildman–Crippen MR) is 78.2 cm³/mol. The molecule has 0 radical (unpaired) electrons. The fourth-order valence-electron chi connectivity index (χ4n) is 1.86. The standard InChI is InChI=1S/C14H19N3OS/c1-2-17-13(12-8-4-3-5-9-12)15-16-14(17)19-11-7-6-10-18/h3-5,8-9,18H,2,6-7,10-11H2,1H3. The number of hydrogen-bond donors (Lipinski definition) is 1. The molecule has 2 aromatic rings. The van der Waals surface area contributed by atoms with Crippen LogP contribution in [0.1, 0.15) is 19.8 Å². The first-order valence-electron chi connectivity index (χ1n) is 6.59. The second-order valence-electron chi connectivity index (χ2n) is 4.20. The number of aliphatic hydroxyl groups excluding tert-OH is 1. The molecule has 1 heterocycles. The van der Waals surface area contributed by atoms with E-state index in [0.717, 1.165) is 41.7 Å². The van der Waals surface area contributed by atoms with Crippen LogP contribution < -0.4 is 0 Å². The minimum Gasteiger partial charge on any atom is -0.396 e. The highest BCUT2D eigenvalue weighted by atomic mass is 32.2. The van der Waals surface area contributed by atoms with Crippen molar-refractivity contribution < 1.29 is 5.11 Å². The Morgan fingerprint density at radius 3 is 2.63 bits per heavy atom. The second-order valence-corrected chi connectivity index (χ2v) is 5.26. The summed E-state index contributed by atoms with van der Waals surface area (Å²) in [6.07, 6.45) is 1.84. The molecule has 1 N–H and O–H groups in total. The molecule has 1 aromatic carbocycles. The maximum atomic E-state index is 8.77. The van der Waals surface area contributed by atoms with Crippen molar-refractivity contribution in [2.24, 2.45) is 0 Å². The van der Waals surface area contributed by atoms with Gasteiger partial charge in [0.05, 0.1) is 0 Å². The van der Waals surface area contributed by atoms with E-state index in [-0.39, 0.29) is 6.61 Å². The summed E-state index contributed by atoms with van der Waals surface area (Å²) in [7, 11) is 0. The van der Waals surface area contributed by atoms with Crippen LogP contribution in [-0.2, 0) is 6.54 Å². The molecule has 0 atom stereocenters. The Morgan fingerprint density at radius 1 is 1.16 bits per heavy atom. The fourth-order valence-corrected chi connectivity index (χ4v) is 2.86. The Balaban J connectivity index is 2.12. The van der Waals surface area contributed by atoms with Gasteiger partial charge in [0.2, 0.25) is 0 Å². The van der Waals surface area contributed by atoms with Gasteiger partial charge in [0, 0.05) is 24.5 Å². The summed E-state index contributed by atoms with van der Waals surface area (Å²) >= 11 is 1.71. The van der Waals surface area contributed by atoms with Gasteiger partial charge in [-0.3, -0.25) is 0 Å². The van der Waals surface area contributed by atoms with Crippen molar-refractivity contribution in [1.82, 2.24) is 14.8 Å². The lowest BCUT2D eigenvalue weighted by Gasteiger charge is -2.06. The SMILES string of the molecule is CCn1c(SCCCCO)nnc1-c1ccccc1. The van der Waals surface area contributed by atoms with E-state index in [9.17, 15) is 0 Å². The molecule has 0 unspecified atom stereocenters. The molecule has 102 valence electrons. The van der Waals surface area contributed by atoms with E-state index in [1.165, 1.54) is 0 Å². The first kappa shape index (κ1) is 14.1. The second kappa shape index (κ2) is 7.31. The van der Waals surface area contributed by atoms with E-state index in [1.54, 1.807) is 11.8 Å². The summed E-state index contributed by atoms with van der Waals surface area (Å²) in [5.41, 5.74) is 1.10. The number of aromatic nitrogens is 3. The van der Waals surface area contributed by atoms with E-state index in [0.29, 0.717) is 0 Å². The van der Waals surface area contributed by atoms with Crippen molar-refractivity contribution in [2.75, 3.05) is 12.4 Å². The predicted octanol–water partition coefficient (Wildman–Crippen LogP) is 2.83. The number of nitrogens with zero attached hydrogens (tertiary/aromatic N) is 3. The van der Waals surface area contributed by atoms with Crippen LogP contribution in [0.5, 0.6) is 0 Å². The van der Waals surface area contributed by atoms with Crippen LogP contribution in [0.4, 0.5) is 0 Å². The third kappa shape index (κ3) is 3.58. The Morgan fingerprint density at radius 2 is 1.95 bits per heavy atom. The molecule has 0 aliphatic rings. The number of rotatable bonds is 7. The van der Waals surface area contributed by atoms with Crippen LogP contribution in [-0.4, -0.2) is 32.2 Å². The lowest BCUT2D eigenvalue weighted by atomic mass is 10.2. The Labute approximate surface area is 117 Å². The summed E-state index contributed by atoms with van der Waals surface area (Å²) in [6, 6.07) is 10.1. The lowest BCUT2D eigenvalue weighted by molar-refractivity contribution is 0.287. The van der Waals surface area contributed by atoms with Gasteiger partial charge in [-0.25, -0.2) is 0 Å². The van der Waals surface area contributed by atoms with Gasteiger partial charge in [-0.15, -0.1) is 10.2 Å². The smallest absolute Gasteiger partial charge is 0.191 e. The van der Waals surface area contributed by atoms with Gasteiger partial charge < -0.3 is 9.67 Å². The van der Waals surface area contributed by atoms with E-state index in [1.807, 2.05) is 18.2 Å². The fraction of sp³-hybridized carbons (Fsp3) is 0.429. The van der Waals surface area contributed by atoms with Gasteiger partial charge >= 0.3 is 0 Å². The summed E-state index contributed by atoms with van der Waals surface area (Å²) in [6.45, 7) is 3.23. The van der Waals surface area contributed by atoms with Crippen molar-refractivity contribution in [3.05, 3.63) is 30.3 Å². The van der Waals surface area contributed by atoms with E-state index < -0.39 is 0 Å². The summed E-state index contributed by atoms with van der Waals surface area (Å²) in [5.74, 6) is 1.89. The molecular weight excluding hydrogens is 258 g/mol. The normalized spacial score (nSPS) is 10.8. The van der Waals surface area contributed by atoms with Gasteiger partial charge in [0.1, 0.15) is 0 Å². The molecule has 5 heteroatoms. The average molecular weight is 277 g/mol. The van der Waals surface area contributed by atoms with Gasteiger partial charge in [-0.1, -0.05) is 42.1 Å². The number of aliphatic hydroxyl groups is 1. The molecular formula is C14H19N3OS. The zero-order chi connectivity index (χ0) is 13.5. The number of hydrogen-bond acceptors (Lipinski definition) is 4. The van der Waals surface area contributed by atoms with Crippen LogP contribution in [0.25, 0.3) is 11.4 Å². The highest BCUT2D eigenvalue weighted by Gasteiger charge is 2.12. The van der Waals surface area contributed by atoms with Crippen LogP contribution in [0, 0.1) is 0 Å². The van der Waals surface area contributed by atoms with Crippen molar-refractivity contribution in [3.8, 4) is 11.4 Å². The molecule has 4 nitrogen and oxygen atoms in total. The maximum Gasteiger partial charge on any atom is 0.191 e. The van der Waals surface area contributed by atoms with Crippen molar-refractivity contribution >= 4 is 11.8 Å². The molecule has 0 aliphatic carbocycles. The summed E-state index contributed by atoms with van der Waals surface area (Å²) in [5, 5.41) is 18.3. The Bertz CT molecular complexity index is 499.